The summed E-state index contributed by atoms with van der Waals surface area (Å²) < 4.78 is 7.21. The molecule has 2 rings (SSSR count). The fourth-order valence-electron chi connectivity index (χ4n) is 1.71. The van der Waals surface area contributed by atoms with Crippen LogP contribution in [0, 0.1) is 11.3 Å². The fraction of sp³-hybridized carbons (Fsp3) is 0.364. The van der Waals surface area contributed by atoms with E-state index in [1.54, 1.807) is 0 Å². The monoisotopic (exact) mass is 344 g/mol. The number of rotatable bonds is 0. The molecule has 0 saturated carbocycles. The lowest BCUT2D eigenvalue weighted by Crippen LogP contribution is -2.17. The molecule has 0 aliphatic carbocycles. The number of anilines is 1. The van der Waals surface area contributed by atoms with Crippen molar-refractivity contribution in [3.63, 3.8) is 0 Å². The molecule has 5 heteroatoms. The second-order valence-corrected chi connectivity index (χ2v) is 5.28. The van der Waals surface area contributed by atoms with Gasteiger partial charge in [0.2, 0.25) is 0 Å². The number of benzene rings is 1. The molecule has 0 amide bonds. The Kier molecular flexibility index (Phi) is 3.41. The molecule has 0 N–H and O–H groups in total. The van der Waals surface area contributed by atoms with Gasteiger partial charge in [-0.25, -0.2) is 0 Å². The second-order valence-electron chi connectivity index (χ2n) is 3.63. The van der Waals surface area contributed by atoms with Gasteiger partial charge >= 0.3 is 0 Å². The summed E-state index contributed by atoms with van der Waals surface area (Å²) in [5.41, 5.74) is 1.59. The van der Waals surface area contributed by atoms with E-state index >= 15 is 0 Å². The molecule has 0 atom stereocenters. The van der Waals surface area contributed by atoms with Crippen LogP contribution in [0.5, 0.6) is 5.75 Å². The van der Waals surface area contributed by atoms with Gasteiger partial charge in [-0.15, -0.1) is 0 Å². The normalized spacial score (nSPS) is 14.8. The van der Waals surface area contributed by atoms with Crippen LogP contribution in [0.2, 0.25) is 0 Å². The first-order valence-corrected chi connectivity index (χ1v) is 6.49. The van der Waals surface area contributed by atoms with E-state index in [0.29, 0.717) is 12.2 Å². The van der Waals surface area contributed by atoms with Gasteiger partial charge in [0, 0.05) is 18.1 Å². The predicted octanol–water partition coefficient (Wildman–Crippen LogP) is 3.30. The standard InChI is InChI=1S/C11H10Br2N2O/c1-15-3-2-4-16-11-9(15)5-8(12)7(6-14)10(11)13/h5H,2-4H2,1H3. The van der Waals surface area contributed by atoms with E-state index in [1.165, 1.54) is 0 Å². The highest BCUT2D eigenvalue weighted by molar-refractivity contribution is 9.11. The molecule has 3 nitrogen and oxygen atoms in total. The Balaban J connectivity index is 2.65. The number of nitriles is 1. The number of halogens is 2. The van der Waals surface area contributed by atoms with Crippen LogP contribution in [-0.2, 0) is 0 Å². The minimum Gasteiger partial charge on any atom is -0.490 e. The third-order valence-electron chi connectivity index (χ3n) is 2.56. The number of fused-ring (bicyclic) bond motifs is 1. The van der Waals surface area contributed by atoms with Crippen LogP contribution in [-0.4, -0.2) is 20.2 Å². The average Bonchev–Trinajstić information content (AvgIpc) is 2.43. The summed E-state index contributed by atoms with van der Waals surface area (Å²) in [7, 11) is 2.03. The molecule has 0 radical (unpaired) electrons. The SMILES string of the molecule is CN1CCCOc2c1cc(Br)c(C#N)c2Br. The molecule has 1 aliphatic heterocycles. The van der Waals surface area contributed by atoms with Gasteiger partial charge in [0.25, 0.3) is 0 Å². The van der Waals surface area contributed by atoms with Crippen LogP contribution in [0.25, 0.3) is 0 Å². The summed E-state index contributed by atoms with van der Waals surface area (Å²) in [5, 5.41) is 9.06. The van der Waals surface area contributed by atoms with E-state index in [4.69, 9.17) is 10.00 Å². The van der Waals surface area contributed by atoms with Crippen LogP contribution >= 0.6 is 31.9 Å². The molecule has 16 heavy (non-hydrogen) atoms. The van der Waals surface area contributed by atoms with E-state index < -0.39 is 0 Å². The molecule has 1 aromatic rings. The largest absolute Gasteiger partial charge is 0.490 e. The lowest BCUT2D eigenvalue weighted by molar-refractivity contribution is 0.320. The molecule has 1 aliphatic rings. The lowest BCUT2D eigenvalue weighted by atomic mass is 10.2. The van der Waals surface area contributed by atoms with Gasteiger partial charge in [-0.3, -0.25) is 0 Å². The van der Waals surface area contributed by atoms with E-state index in [-0.39, 0.29) is 0 Å². The van der Waals surface area contributed by atoms with Crippen molar-refractivity contribution in [1.82, 2.24) is 0 Å². The van der Waals surface area contributed by atoms with Crippen molar-refractivity contribution in [3.8, 4) is 11.8 Å². The van der Waals surface area contributed by atoms with Gasteiger partial charge in [0.05, 0.1) is 22.3 Å². The van der Waals surface area contributed by atoms with Crippen LogP contribution in [0.3, 0.4) is 0 Å². The number of hydrogen-bond donors (Lipinski definition) is 0. The smallest absolute Gasteiger partial charge is 0.158 e. The van der Waals surface area contributed by atoms with E-state index in [0.717, 1.165) is 33.3 Å². The lowest BCUT2D eigenvalue weighted by Gasteiger charge is -2.19. The molecule has 0 saturated heterocycles. The Labute approximate surface area is 111 Å². The first-order valence-electron chi connectivity index (χ1n) is 4.91. The molecule has 0 spiro atoms. The topological polar surface area (TPSA) is 36.3 Å². The molecule has 84 valence electrons. The molecule has 0 fully saturated rings. The third kappa shape index (κ3) is 1.92. The quantitative estimate of drug-likeness (QED) is 0.723. The molecule has 1 aromatic carbocycles. The van der Waals surface area contributed by atoms with Gasteiger partial charge in [-0.05, 0) is 44.3 Å². The third-order valence-corrected chi connectivity index (χ3v) is 3.94. The Morgan fingerprint density at radius 2 is 2.25 bits per heavy atom. The van der Waals surface area contributed by atoms with Crippen LogP contribution < -0.4 is 9.64 Å². The highest BCUT2D eigenvalue weighted by Crippen LogP contribution is 2.42. The number of nitrogens with zero attached hydrogens (tertiary/aromatic N) is 2. The summed E-state index contributed by atoms with van der Waals surface area (Å²) in [4.78, 5) is 2.14. The highest BCUT2D eigenvalue weighted by atomic mass is 79.9. The van der Waals surface area contributed by atoms with E-state index in [9.17, 15) is 0 Å². The van der Waals surface area contributed by atoms with Gasteiger partial charge in [0.1, 0.15) is 6.07 Å². The van der Waals surface area contributed by atoms with Crippen molar-refractivity contribution in [1.29, 1.82) is 5.26 Å². The van der Waals surface area contributed by atoms with E-state index in [2.05, 4.69) is 42.8 Å². The zero-order valence-corrected chi connectivity index (χ0v) is 11.9. The zero-order valence-electron chi connectivity index (χ0n) is 8.76. The number of hydrogen-bond acceptors (Lipinski definition) is 3. The maximum absolute atomic E-state index is 9.06. The molecular weight excluding hydrogens is 336 g/mol. The molecule has 0 aromatic heterocycles. The van der Waals surface area contributed by atoms with Crippen molar-refractivity contribution in [2.45, 2.75) is 6.42 Å². The van der Waals surface area contributed by atoms with Crippen molar-refractivity contribution in [2.24, 2.45) is 0 Å². The zero-order chi connectivity index (χ0) is 11.7. The molecule has 0 unspecified atom stereocenters. The van der Waals surface area contributed by atoms with Crippen molar-refractivity contribution >= 4 is 37.5 Å². The van der Waals surface area contributed by atoms with Crippen molar-refractivity contribution < 1.29 is 4.74 Å². The second kappa shape index (κ2) is 4.64. The van der Waals surface area contributed by atoms with Crippen LogP contribution in [0.4, 0.5) is 5.69 Å². The Morgan fingerprint density at radius 1 is 1.50 bits per heavy atom. The van der Waals surface area contributed by atoms with Crippen molar-refractivity contribution in [3.05, 3.63) is 20.6 Å². The summed E-state index contributed by atoms with van der Waals surface area (Å²) in [6.45, 7) is 1.64. The van der Waals surface area contributed by atoms with Gasteiger partial charge in [-0.2, -0.15) is 5.26 Å². The summed E-state index contributed by atoms with van der Waals surface area (Å²) in [5.74, 6) is 0.764. The first-order chi connectivity index (χ1) is 7.65. The highest BCUT2D eigenvalue weighted by Gasteiger charge is 2.21. The van der Waals surface area contributed by atoms with Crippen molar-refractivity contribution in [2.75, 3.05) is 25.1 Å². The molecule has 0 bridgehead atoms. The van der Waals surface area contributed by atoms with Crippen LogP contribution in [0.15, 0.2) is 15.0 Å². The van der Waals surface area contributed by atoms with Gasteiger partial charge in [0.15, 0.2) is 5.75 Å². The maximum Gasteiger partial charge on any atom is 0.158 e. The first kappa shape index (κ1) is 11.7. The Bertz CT molecular complexity index is 468. The number of ether oxygens (including phenoxy) is 1. The Hall–Kier alpha value is -0.730. The summed E-state index contributed by atoms with van der Waals surface area (Å²) in [6.07, 6.45) is 0.983. The minimum atomic E-state index is 0.578. The molecular formula is C11H10Br2N2O. The van der Waals surface area contributed by atoms with E-state index in [1.807, 2.05) is 13.1 Å². The summed E-state index contributed by atoms with van der Waals surface area (Å²) >= 11 is 6.84. The molecule has 1 heterocycles. The van der Waals surface area contributed by atoms with Gasteiger partial charge in [-0.1, -0.05) is 0 Å². The predicted molar refractivity (Wildman–Crippen MR) is 69.9 cm³/mol. The average molecular weight is 346 g/mol. The minimum absolute atomic E-state index is 0.578. The maximum atomic E-state index is 9.06. The van der Waals surface area contributed by atoms with Crippen LogP contribution in [0.1, 0.15) is 12.0 Å². The fourth-order valence-corrected chi connectivity index (χ4v) is 3.10. The Morgan fingerprint density at radius 3 is 2.94 bits per heavy atom. The summed E-state index contributed by atoms with van der Waals surface area (Å²) in [6, 6.07) is 4.09. The van der Waals surface area contributed by atoms with Gasteiger partial charge < -0.3 is 9.64 Å².